The molecule has 6 heteroatoms. The van der Waals surface area contributed by atoms with Gasteiger partial charge in [-0.05, 0) is 35.7 Å². The number of methoxy groups -OCH3 is 1. The summed E-state index contributed by atoms with van der Waals surface area (Å²) in [4.78, 5) is 12.6. The van der Waals surface area contributed by atoms with E-state index in [1.807, 2.05) is 36.4 Å². The number of para-hydroxylation sites is 1. The van der Waals surface area contributed by atoms with Crippen molar-refractivity contribution in [1.29, 1.82) is 0 Å². The van der Waals surface area contributed by atoms with Crippen molar-refractivity contribution in [1.82, 2.24) is 16.2 Å². The molecule has 0 saturated carbocycles. The Bertz CT molecular complexity index is 794. The van der Waals surface area contributed by atoms with Crippen molar-refractivity contribution in [2.45, 2.75) is 12.5 Å². The number of amides is 1. The number of fused-ring (bicyclic) bond motifs is 1. The van der Waals surface area contributed by atoms with Crippen molar-refractivity contribution < 1.29 is 14.3 Å². The molecule has 1 saturated heterocycles. The Balaban J connectivity index is 1.34. The van der Waals surface area contributed by atoms with Crippen LogP contribution < -0.4 is 25.6 Å². The topological polar surface area (TPSA) is 71.6 Å². The van der Waals surface area contributed by atoms with Gasteiger partial charge >= 0.3 is 0 Å². The average molecular weight is 367 g/mol. The van der Waals surface area contributed by atoms with Crippen LogP contribution >= 0.6 is 0 Å². The van der Waals surface area contributed by atoms with Crippen LogP contribution in [0.3, 0.4) is 0 Å². The third-order valence-electron chi connectivity index (χ3n) is 5.36. The summed E-state index contributed by atoms with van der Waals surface area (Å²) in [7, 11) is 1.66. The summed E-state index contributed by atoms with van der Waals surface area (Å²) in [5.74, 6) is 1.93. The second-order valence-corrected chi connectivity index (χ2v) is 7.10. The zero-order chi connectivity index (χ0) is 18.6. The number of hydrogen-bond acceptors (Lipinski definition) is 5. The molecule has 0 spiro atoms. The lowest BCUT2D eigenvalue weighted by atomic mass is 9.93. The summed E-state index contributed by atoms with van der Waals surface area (Å²) < 4.78 is 11.0. The first kappa shape index (κ1) is 17.8. The predicted molar refractivity (Wildman–Crippen MR) is 103 cm³/mol. The quantitative estimate of drug-likeness (QED) is 0.752. The van der Waals surface area contributed by atoms with Crippen LogP contribution in [0.4, 0.5) is 0 Å². The van der Waals surface area contributed by atoms with Gasteiger partial charge in [-0.1, -0.05) is 30.3 Å². The molecule has 4 rings (SSSR count). The van der Waals surface area contributed by atoms with E-state index in [-0.39, 0.29) is 23.8 Å². The van der Waals surface area contributed by atoms with E-state index < -0.39 is 0 Å². The number of nitrogens with one attached hydrogen (secondary N) is 3. The molecule has 1 amide bonds. The Morgan fingerprint density at radius 1 is 1.22 bits per heavy atom. The first-order valence-electron chi connectivity index (χ1n) is 9.35. The molecular formula is C21H25N3O3. The Labute approximate surface area is 159 Å². The van der Waals surface area contributed by atoms with E-state index >= 15 is 0 Å². The van der Waals surface area contributed by atoms with Crippen molar-refractivity contribution in [2.75, 3.05) is 26.8 Å². The molecule has 0 aromatic heterocycles. The molecule has 142 valence electrons. The molecule has 3 unspecified atom stereocenters. The minimum absolute atomic E-state index is 0.0601. The molecule has 0 bridgehead atoms. The second-order valence-electron chi connectivity index (χ2n) is 7.10. The van der Waals surface area contributed by atoms with Crippen LogP contribution in [-0.2, 0) is 11.2 Å². The summed E-state index contributed by atoms with van der Waals surface area (Å²) in [6, 6.07) is 16.1. The standard InChI is InChI=1S/C21H25N3O3/c1-26-18-8-6-14(7-9-18)20-17(12-23-24-20)11-22-21(25)16-10-15-4-2-3-5-19(15)27-13-16/h2-9,16-17,20,23-24H,10-13H2,1H3,(H,22,25). The Kier molecular flexibility index (Phi) is 5.27. The maximum atomic E-state index is 12.6. The molecule has 27 heavy (non-hydrogen) atoms. The van der Waals surface area contributed by atoms with E-state index in [1.54, 1.807) is 7.11 Å². The molecule has 0 aliphatic carbocycles. The lowest BCUT2D eigenvalue weighted by Crippen LogP contribution is -2.40. The molecular weight excluding hydrogens is 342 g/mol. The first-order valence-corrected chi connectivity index (χ1v) is 9.35. The lowest BCUT2D eigenvalue weighted by molar-refractivity contribution is -0.126. The SMILES string of the molecule is COc1ccc(C2NNCC2CNC(=O)C2COc3ccccc3C2)cc1. The van der Waals surface area contributed by atoms with E-state index in [2.05, 4.69) is 28.3 Å². The van der Waals surface area contributed by atoms with Crippen LogP contribution in [-0.4, -0.2) is 32.7 Å². The minimum Gasteiger partial charge on any atom is -0.497 e. The maximum Gasteiger partial charge on any atom is 0.226 e. The normalized spacial score (nSPS) is 24.0. The number of hydrazine groups is 1. The van der Waals surface area contributed by atoms with E-state index in [4.69, 9.17) is 9.47 Å². The molecule has 1 fully saturated rings. The van der Waals surface area contributed by atoms with Crippen molar-refractivity contribution in [3.05, 3.63) is 59.7 Å². The fraction of sp³-hybridized carbons (Fsp3) is 0.381. The highest BCUT2D eigenvalue weighted by atomic mass is 16.5. The van der Waals surface area contributed by atoms with E-state index in [0.29, 0.717) is 13.2 Å². The highest BCUT2D eigenvalue weighted by Gasteiger charge is 2.30. The molecule has 2 aliphatic heterocycles. The largest absolute Gasteiger partial charge is 0.497 e. The van der Waals surface area contributed by atoms with Crippen molar-refractivity contribution >= 4 is 5.91 Å². The van der Waals surface area contributed by atoms with E-state index in [9.17, 15) is 4.79 Å². The van der Waals surface area contributed by atoms with Gasteiger partial charge in [-0.15, -0.1) is 0 Å². The third-order valence-corrected chi connectivity index (χ3v) is 5.36. The molecule has 2 aliphatic rings. The lowest BCUT2D eigenvalue weighted by Gasteiger charge is -2.25. The van der Waals surface area contributed by atoms with Crippen molar-refractivity contribution in [3.63, 3.8) is 0 Å². The molecule has 3 N–H and O–H groups in total. The van der Waals surface area contributed by atoms with Gasteiger partial charge in [0, 0.05) is 19.0 Å². The number of ether oxygens (including phenoxy) is 2. The maximum absolute atomic E-state index is 12.6. The summed E-state index contributed by atoms with van der Waals surface area (Å²) in [5.41, 5.74) is 8.80. The minimum atomic E-state index is -0.137. The van der Waals surface area contributed by atoms with Crippen molar-refractivity contribution in [2.24, 2.45) is 11.8 Å². The number of benzene rings is 2. The Morgan fingerprint density at radius 2 is 2.04 bits per heavy atom. The van der Waals surface area contributed by atoms with Crippen LogP contribution in [0.5, 0.6) is 11.5 Å². The summed E-state index contributed by atoms with van der Waals surface area (Å²) in [6.45, 7) is 1.86. The fourth-order valence-electron chi connectivity index (χ4n) is 3.76. The first-order chi connectivity index (χ1) is 13.2. The van der Waals surface area contributed by atoms with E-state index in [1.165, 1.54) is 5.56 Å². The third kappa shape index (κ3) is 3.91. The van der Waals surface area contributed by atoms with Crippen LogP contribution in [0.1, 0.15) is 17.2 Å². The summed E-state index contributed by atoms with van der Waals surface area (Å²) >= 11 is 0. The van der Waals surface area contributed by atoms with Gasteiger partial charge in [-0.2, -0.15) is 0 Å². The monoisotopic (exact) mass is 367 g/mol. The number of carbonyl (C=O) groups is 1. The summed E-state index contributed by atoms with van der Waals surface area (Å²) in [6.07, 6.45) is 0.727. The van der Waals surface area contributed by atoms with Gasteiger partial charge < -0.3 is 14.8 Å². The molecule has 6 nitrogen and oxygen atoms in total. The molecule has 2 aromatic carbocycles. The molecule has 0 radical (unpaired) electrons. The van der Waals surface area contributed by atoms with Crippen LogP contribution in [0.15, 0.2) is 48.5 Å². The predicted octanol–water partition coefficient (Wildman–Crippen LogP) is 1.83. The van der Waals surface area contributed by atoms with Gasteiger partial charge in [0.25, 0.3) is 0 Å². The van der Waals surface area contributed by atoms with Gasteiger partial charge in [0.1, 0.15) is 18.1 Å². The Hall–Kier alpha value is -2.57. The molecule has 2 aromatic rings. The smallest absolute Gasteiger partial charge is 0.226 e. The van der Waals surface area contributed by atoms with Crippen LogP contribution in [0, 0.1) is 11.8 Å². The zero-order valence-electron chi connectivity index (χ0n) is 15.4. The van der Waals surface area contributed by atoms with Crippen LogP contribution in [0.25, 0.3) is 0 Å². The fourth-order valence-corrected chi connectivity index (χ4v) is 3.76. The highest BCUT2D eigenvalue weighted by molar-refractivity contribution is 5.79. The highest BCUT2D eigenvalue weighted by Crippen LogP contribution is 2.28. The van der Waals surface area contributed by atoms with Gasteiger partial charge in [0.2, 0.25) is 5.91 Å². The van der Waals surface area contributed by atoms with Gasteiger partial charge in [-0.3, -0.25) is 10.2 Å². The molecule has 2 heterocycles. The van der Waals surface area contributed by atoms with Gasteiger partial charge in [0.05, 0.1) is 19.1 Å². The van der Waals surface area contributed by atoms with Gasteiger partial charge in [0.15, 0.2) is 0 Å². The number of rotatable bonds is 5. The van der Waals surface area contributed by atoms with E-state index in [0.717, 1.165) is 30.0 Å². The zero-order valence-corrected chi connectivity index (χ0v) is 15.4. The Morgan fingerprint density at radius 3 is 2.85 bits per heavy atom. The summed E-state index contributed by atoms with van der Waals surface area (Å²) in [5, 5.41) is 3.12. The molecule has 3 atom stereocenters. The average Bonchev–Trinajstić information content (AvgIpc) is 3.20. The number of carbonyl (C=O) groups excluding carboxylic acids is 1. The van der Waals surface area contributed by atoms with Crippen LogP contribution in [0.2, 0.25) is 0 Å². The second kappa shape index (κ2) is 7.98. The van der Waals surface area contributed by atoms with Crippen molar-refractivity contribution in [3.8, 4) is 11.5 Å². The number of hydrogen-bond donors (Lipinski definition) is 3. The van der Waals surface area contributed by atoms with Gasteiger partial charge in [-0.25, -0.2) is 5.43 Å².